The smallest absolute Gasteiger partial charge is 0.405 e. The molecular formula is C32H46N4O6. The number of H-pyrrole nitrogens is 1. The number of aliphatic hydroxyl groups is 1. The summed E-state index contributed by atoms with van der Waals surface area (Å²) in [6.07, 6.45) is 8.09. The zero-order valence-electron chi connectivity index (χ0n) is 24.7. The van der Waals surface area contributed by atoms with Crippen LogP contribution in [-0.4, -0.2) is 62.4 Å². The number of nitrogens with zero attached hydrogens (tertiary/aromatic N) is 1. The zero-order valence-corrected chi connectivity index (χ0v) is 24.7. The number of aromatic amines is 1. The van der Waals surface area contributed by atoms with Gasteiger partial charge in [-0.2, -0.15) is 0 Å². The van der Waals surface area contributed by atoms with Gasteiger partial charge in [-0.25, -0.2) is 14.6 Å². The summed E-state index contributed by atoms with van der Waals surface area (Å²) < 4.78 is 5.70. The number of amides is 2. The van der Waals surface area contributed by atoms with Crippen LogP contribution in [0, 0.1) is 17.8 Å². The average molecular weight is 583 g/mol. The fourth-order valence-electron chi connectivity index (χ4n) is 5.65. The lowest BCUT2D eigenvalue weighted by atomic mass is 9.81. The van der Waals surface area contributed by atoms with Crippen LogP contribution in [0.15, 0.2) is 55.5 Å². The van der Waals surface area contributed by atoms with Crippen LogP contribution in [0.25, 0.3) is 0 Å². The maximum atomic E-state index is 13.8. The van der Waals surface area contributed by atoms with Crippen molar-refractivity contribution in [1.29, 1.82) is 0 Å². The second-order valence-corrected chi connectivity index (χ2v) is 11.7. The second-order valence-electron chi connectivity index (χ2n) is 11.7. The van der Waals surface area contributed by atoms with E-state index < -0.39 is 42.3 Å². The van der Waals surface area contributed by atoms with Crippen molar-refractivity contribution in [3.63, 3.8) is 0 Å². The molecule has 5 N–H and O–H groups in total. The van der Waals surface area contributed by atoms with E-state index in [0.29, 0.717) is 24.5 Å². The zero-order chi connectivity index (χ0) is 30.5. The number of imidazole rings is 1. The Hall–Kier alpha value is -3.66. The van der Waals surface area contributed by atoms with Gasteiger partial charge in [-0.3, -0.25) is 4.79 Å². The number of carboxylic acid groups (broad SMARTS) is 1. The number of aromatic nitrogens is 2. The van der Waals surface area contributed by atoms with E-state index in [0.717, 1.165) is 31.2 Å². The number of carbonyl (C=O) groups excluding carboxylic acids is 2. The maximum absolute atomic E-state index is 13.8. The van der Waals surface area contributed by atoms with Gasteiger partial charge in [-0.05, 0) is 36.2 Å². The van der Waals surface area contributed by atoms with Crippen LogP contribution in [0.3, 0.4) is 0 Å². The molecule has 2 amide bonds. The minimum Gasteiger partial charge on any atom is -0.465 e. The van der Waals surface area contributed by atoms with Crippen molar-refractivity contribution >= 4 is 18.0 Å². The number of allylic oxidation sites excluding steroid dienone is 1. The number of rotatable bonds is 16. The maximum Gasteiger partial charge on any atom is 0.405 e. The van der Waals surface area contributed by atoms with E-state index in [2.05, 4.69) is 41.0 Å². The van der Waals surface area contributed by atoms with Crippen LogP contribution in [0.2, 0.25) is 0 Å². The number of ether oxygens (including phenoxy) is 1. The molecule has 10 nitrogen and oxygen atoms in total. The lowest BCUT2D eigenvalue weighted by Crippen LogP contribution is -2.52. The summed E-state index contributed by atoms with van der Waals surface area (Å²) >= 11 is 0. The highest BCUT2D eigenvalue weighted by molar-refractivity contribution is 5.87. The molecule has 0 bridgehead atoms. The van der Waals surface area contributed by atoms with Crippen molar-refractivity contribution in [3.8, 4) is 0 Å². The van der Waals surface area contributed by atoms with Gasteiger partial charge in [0, 0.05) is 19.0 Å². The molecule has 0 aliphatic heterocycles. The monoisotopic (exact) mass is 582 g/mol. The Labute approximate surface area is 248 Å². The third-order valence-electron chi connectivity index (χ3n) is 8.14. The van der Waals surface area contributed by atoms with E-state index >= 15 is 0 Å². The van der Waals surface area contributed by atoms with Crippen molar-refractivity contribution in [2.24, 2.45) is 17.8 Å². The summed E-state index contributed by atoms with van der Waals surface area (Å²) in [6, 6.07) is 7.20. The van der Waals surface area contributed by atoms with Crippen LogP contribution >= 0.6 is 0 Å². The summed E-state index contributed by atoms with van der Waals surface area (Å²) in [6.45, 7) is 8.07. The van der Waals surface area contributed by atoms with Gasteiger partial charge >= 0.3 is 12.1 Å². The number of nitrogens with one attached hydrogen (secondary N) is 3. The van der Waals surface area contributed by atoms with Crippen molar-refractivity contribution in [1.82, 2.24) is 20.6 Å². The molecule has 0 saturated heterocycles. The van der Waals surface area contributed by atoms with E-state index in [1.165, 1.54) is 12.7 Å². The average Bonchev–Trinajstić information content (AvgIpc) is 3.48. The van der Waals surface area contributed by atoms with Gasteiger partial charge in [-0.1, -0.05) is 82.4 Å². The Morgan fingerprint density at radius 3 is 2.43 bits per heavy atom. The van der Waals surface area contributed by atoms with Gasteiger partial charge in [-0.15, -0.1) is 6.58 Å². The molecule has 1 aliphatic rings. The molecule has 10 heteroatoms. The SMILES string of the molecule is C=C[C@@H](C[C@H](O)[C@H](CC1CCCCC1)NC(=O)[C@H](Cc1c[nH]cn1)OC(=O)[C@H](Cc1ccccc1)NC(=O)O)C(C)C. The van der Waals surface area contributed by atoms with Crippen LogP contribution in [-0.2, 0) is 27.2 Å². The van der Waals surface area contributed by atoms with Crippen molar-refractivity contribution in [2.45, 2.75) is 95.9 Å². The van der Waals surface area contributed by atoms with E-state index in [1.807, 2.05) is 12.1 Å². The molecule has 3 rings (SSSR count). The normalized spacial score (nSPS) is 17.4. The fourth-order valence-corrected chi connectivity index (χ4v) is 5.65. The van der Waals surface area contributed by atoms with Crippen molar-refractivity contribution < 1.29 is 29.3 Å². The molecule has 0 radical (unpaired) electrons. The molecule has 1 heterocycles. The van der Waals surface area contributed by atoms with Gasteiger partial charge in [0.05, 0.1) is 24.2 Å². The number of hydrogen-bond acceptors (Lipinski definition) is 6. The molecule has 2 aromatic rings. The topological polar surface area (TPSA) is 154 Å². The standard InChI is InChI=1S/C32H46N4O6/c1-4-24(21(2)3)17-28(37)26(15-22-11-7-5-8-12-22)35-30(38)29(18-25-19-33-20-34-25)42-31(39)27(36-32(40)41)16-23-13-9-6-10-14-23/h4,6,9-10,13-14,19-22,24,26-29,36-37H,1,5,7-8,11-12,15-18H2,2-3H3,(H,33,34)(H,35,38)(H,40,41)/t24-,26-,27-,28-,29-/m0/s1. The van der Waals surface area contributed by atoms with E-state index in [1.54, 1.807) is 30.5 Å². The van der Waals surface area contributed by atoms with Gasteiger partial charge in [0.1, 0.15) is 6.04 Å². The Morgan fingerprint density at radius 1 is 1.12 bits per heavy atom. The molecule has 1 aromatic heterocycles. The van der Waals surface area contributed by atoms with Crippen molar-refractivity contribution in [3.05, 3.63) is 66.8 Å². The van der Waals surface area contributed by atoms with Gasteiger partial charge in [0.25, 0.3) is 5.91 Å². The van der Waals surface area contributed by atoms with E-state index in [9.17, 15) is 24.6 Å². The molecule has 5 atom stereocenters. The first-order valence-electron chi connectivity index (χ1n) is 15.0. The Morgan fingerprint density at radius 2 is 1.83 bits per heavy atom. The van der Waals surface area contributed by atoms with Crippen LogP contribution in [0.5, 0.6) is 0 Å². The molecule has 1 fully saturated rings. The first-order valence-corrected chi connectivity index (χ1v) is 15.0. The number of carbonyl (C=O) groups is 3. The Kier molecular flexibility index (Phi) is 13.1. The predicted octanol–water partition coefficient (Wildman–Crippen LogP) is 4.41. The fraction of sp³-hybridized carbons (Fsp3) is 0.562. The number of esters is 1. The Balaban J connectivity index is 1.80. The molecule has 1 aliphatic carbocycles. The van der Waals surface area contributed by atoms with Gasteiger partial charge in [0.2, 0.25) is 0 Å². The molecule has 1 saturated carbocycles. The first-order chi connectivity index (χ1) is 20.2. The van der Waals surface area contributed by atoms with E-state index in [4.69, 9.17) is 4.74 Å². The predicted molar refractivity (Wildman–Crippen MR) is 160 cm³/mol. The molecule has 42 heavy (non-hydrogen) atoms. The number of aliphatic hydroxyl groups excluding tert-OH is 1. The van der Waals surface area contributed by atoms with Gasteiger partial charge in [0.15, 0.2) is 6.10 Å². The minimum atomic E-state index is -1.38. The first kappa shape index (κ1) is 32.8. The van der Waals surface area contributed by atoms with Crippen LogP contribution < -0.4 is 10.6 Å². The largest absolute Gasteiger partial charge is 0.465 e. The summed E-state index contributed by atoms with van der Waals surface area (Å²) in [5.74, 6) is -0.695. The van der Waals surface area contributed by atoms with Crippen LogP contribution in [0.4, 0.5) is 4.79 Å². The number of benzene rings is 1. The highest BCUT2D eigenvalue weighted by Gasteiger charge is 2.34. The van der Waals surface area contributed by atoms with E-state index in [-0.39, 0.29) is 24.7 Å². The molecular weight excluding hydrogens is 536 g/mol. The summed E-state index contributed by atoms with van der Waals surface area (Å²) in [4.78, 5) is 45.6. The molecule has 0 unspecified atom stereocenters. The number of hydrogen-bond donors (Lipinski definition) is 5. The summed E-state index contributed by atoms with van der Waals surface area (Å²) in [5.41, 5.74) is 1.24. The lowest BCUT2D eigenvalue weighted by Gasteiger charge is -2.33. The molecule has 1 aromatic carbocycles. The third-order valence-corrected chi connectivity index (χ3v) is 8.14. The third kappa shape index (κ3) is 10.6. The minimum absolute atomic E-state index is 0.0142. The van der Waals surface area contributed by atoms with Crippen LogP contribution in [0.1, 0.15) is 70.1 Å². The Bertz CT molecular complexity index is 1120. The molecule has 230 valence electrons. The quantitative estimate of drug-likeness (QED) is 0.145. The van der Waals surface area contributed by atoms with Gasteiger partial charge < -0.3 is 30.6 Å². The second kappa shape index (κ2) is 16.7. The van der Waals surface area contributed by atoms with Crippen molar-refractivity contribution in [2.75, 3.05) is 0 Å². The highest BCUT2D eigenvalue weighted by Crippen LogP contribution is 2.30. The summed E-state index contributed by atoms with van der Waals surface area (Å²) in [7, 11) is 0. The highest BCUT2D eigenvalue weighted by atomic mass is 16.5. The summed E-state index contributed by atoms with van der Waals surface area (Å²) in [5, 5.41) is 26.0. The molecule has 0 spiro atoms. The lowest BCUT2D eigenvalue weighted by molar-refractivity contribution is -0.158.